The third kappa shape index (κ3) is 4.15. The van der Waals surface area contributed by atoms with Crippen LogP contribution in [0.25, 0.3) is 11.1 Å². The molecule has 166 valence electrons. The lowest BCUT2D eigenvalue weighted by Crippen LogP contribution is -2.39. The summed E-state index contributed by atoms with van der Waals surface area (Å²) in [6.45, 7) is 6.95. The standard InChI is InChI=1S/C26H30N4O2/c1-19-5-2-3-7-23(19)24-17-27-28-25(24)21-6-4-12-30(18-21)26(31)20-8-10-22(11-9-20)29-13-15-32-16-14-29/h2-3,5,7-11,17,21H,4,6,12-16,18H2,1H3,(H,27,28). The van der Waals surface area contributed by atoms with E-state index in [0.717, 1.165) is 68.2 Å². The van der Waals surface area contributed by atoms with Crippen LogP contribution in [0.4, 0.5) is 5.69 Å². The Morgan fingerprint density at radius 2 is 1.81 bits per heavy atom. The number of likely N-dealkylation sites (tertiary alicyclic amines) is 1. The van der Waals surface area contributed by atoms with E-state index in [1.807, 2.05) is 23.2 Å². The lowest BCUT2D eigenvalue weighted by atomic mass is 9.89. The van der Waals surface area contributed by atoms with E-state index < -0.39 is 0 Å². The van der Waals surface area contributed by atoms with Gasteiger partial charge in [0.2, 0.25) is 0 Å². The summed E-state index contributed by atoms with van der Waals surface area (Å²) in [6, 6.07) is 16.4. The Hall–Kier alpha value is -3.12. The molecule has 2 aliphatic rings. The molecule has 2 aromatic carbocycles. The van der Waals surface area contributed by atoms with Crippen LogP contribution < -0.4 is 4.90 Å². The molecule has 0 bridgehead atoms. The van der Waals surface area contributed by atoms with Crippen LogP contribution in [0.15, 0.2) is 54.7 Å². The molecule has 1 aromatic heterocycles. The van der Waals surface area contributed by atoms with Gasteiger partial charge in [0.25, 0.3) is 5.91 Å². The quantitative estimate of drug-likeness (QED) is 0.673. The Bertz CT molecular complexity index is 1070. The van der Waals surface area contributed by atoms with Gasteiger partial charge in [0, 0.05) is 54.6 Å². The highest BCUT2D eigenvalue weighted by atomic mass is 16.5. The first-order valence-electron chi connectivity index (χ1n) is 11.5. The number of nitrogens with zero attached hydrogens (tertiary/aromatic N) is 3. The van der Waals surface area contributed by atoms with Gasteiger partial charge in [-0.25, -0.2) is 0 Å². The number of aryl methyl sites for hydroxylation is 1. The fourth-order valence-electron chi connectivity index (χ4n) is 4.91. The van der Waals surface area contributed by atoms with Gasteiger partial charge in [0.05, 0.1) is 19.4 Å². The molecule has 0 radical (unpaired) electrons. The molecule has 0 spiro atoms. The minimum Gasteiger partial charge on any atom is -0.378 e. The number of hydrogen-bond donors (Lipinski definition) is 1. The lowest BCUT2D eigenvalue weighted by Gasteiger charge is -2.33. The van der Waals surface area contributed by atoms with Gasteiger partial charge in [0.1, 0.15) is 0 Å². The number of aromatic nitrogens is 2. The highest BCUT2D eigenvalue weighted by Gasteiger charge is 2.28. The predicted molar refractivity (Wildman–Crippen MR) is 126 cm³/mol. The van der Waals surface area contributed by atoms with Crippen LogP contribution >= 0.6 is 0 Å². The molecule has 1 unspecified atom stereocenters. The fraction of sp³-hybridized carbons (Fsp3) is 0.385. The summed E-state index contributed by atoms with van der Waals surface area (Å²) in [6.07, 6.45) is 3.97. The Kier molecular flexibility index (Phi) is 5.95. The second-order valence-electron chi connectivity index (χ2n) is 8.75. The molecule has 3 aromatic rings. The average molecular weight is 431 g/mol. The van der Waals surface area contributed by atoms with Gasteiger partial charge in [0.15, 0.2) is 0 Å². The smallest absolute Gasteiger partial charge is 0.253 e. The molecular formula is C26H30N4O2. The molecule has 5 rings (SSSR count). The van der Waals surface area contributed by atoms with E-state index >= 15 is 0 Å². The van der Waals surface area contributed by atoms with Crippen molar-refractivity contribution in [1.82, 2.24) is 15.1 Å². The molecular weight excluding hydrogens is 400 g/mol. The fourth-order valence-corrected chi connectivity index (χ4v) is 4.91. The molecule has 2 aliphatic heterocycles. The maximum Gasteiger partial charge on any atom is 0.253 e. The highest BCUT2D eigenvalue weighted by molar-refractivity contribution is 5.94. The van der Waals surface area contributed by atoms with Crippen LogP contribution in [-0.2, 0) is 4.74 Å². The first-order chi connectivity index (χ1) is 15.7. The number of carbonyl (C=O) groups excluding carboxylic acids is 1. The summed E-state index contributed by atoms with van der Waals surface area (Å²) in [4.78, 5) is 17.6. The number of rotatable bonds is 4. The average Bonchev–Trinajstić information content (AvgIpc) is 3.34. The number of nitrogens with one attached hydrogen (secondary N) is 1. The van der Waals surface area contributed by atoms with E-state index in [2.05, 4.69) is 58.4 Å². The Labute approximate surface area is 189 Å². The van der Waals surface area contributed by atoms with E-state index in [-0.39, 0.29) is 11.8 Å². The molecule has 1 atom stereocenters. The van der Waals surface area contributed by atoms with Crippen LogP contribution in [0, 0.1) is 6.92 Å². The van der Waals surface area contributed by atoms with E-state index in [0.29, 0.717) is 6.54 Å². The summed E-state index contributed by atoms with van der Waals surface area (Å²) in [5, 5.41) is 7.60. The van der Waals surface area contributed by atoms with E-state index in [9.17, 15) is 4.79 Å². The normalized spacial score (nSPS) is 19.2. The number of aromatic amines is 1. The van der Waals surface area contributed by atoms with Crippen molar-refractivity contribution in [2.24, 2.45) is 0 Å². The van der Waals surface area contributed by atoms with Crippen LogP contribution in [0.5, 0.6) is 0 Å². The monoisotopic (exact) mass is 430 g/mol. The largest absolute Gasteiger partial charge is 0.378 e. The maximum absolute atomic E-state index is 13.3. The van der Waals surface area contributed by atoms with Crippen LogP contribution in [0.1, 0.15) is 40.4 Å². The van der Waals surface area contributed by atoms with Gasteiger partial charge in [-0.2, -0.15) is 5.10 Å². The zero-order chi connectivity index (χ0) is 21.9. The van der Waals surface area contributed by atoms with Gasteiger partial charge in [-0.3, -0.25) is 9.89 Å². The predicted octanol–water partition coefficient (Wildman–Crippen LogP) is 4.24. The molecule has 0 aliphatic carbocycles. The van der Waals surface area contributed by atoms with Gasteiger partial charge in [-0.15, -0.1) is 0 Å². The van der Waals surface area contributed by atoms with Gasteiger partial charge < -0.3 is 14.5 Å². The van der Waals surface area contributed by atoms with Crippen molar-refractivity contribution in [2.45, 2.75) is 25.7 Å². The minimum atomic E-state index is 0.111. The number of hydrogen-bond acceptors (Lipinski definition) is 4. The van der Waals surface area contributed by atoms with Crippen LogP contribution in [-0.4, -0.2) is 60.4 Å². The van der Waals surface area contributed by atoms with Crippen molar-refractivity contribution in [1.29, 1.82) is 0 Å². The van der Waals surface area contributed by atoms with Crippen molar-refractivity contribution in [3.05, 3.63) is 71.5 Å². The summed E-state index contributed by atoms with van der Waals surface area (Å²) < 4.78 is 5.44. The summed E-state index contributed by atoms with van der Waals surface area (Å²) in [7, 11) is 0. The molecule has 2 fully saturated rings. The van der Waals surface area contributed by atoms with Crippen molar-refractivity contribution < 1.29 is 9.53 Å². The van der Waals surface area contributed by atoms with Crippen molar-refractivity contribution >= 4 is 11.6 Å². The van der Waals surface area contributed by atoms with Crippen LogP contribution in [0.3, 0.4) is 0 Å². The second kappa shape index (κ2) is 9.17. The number of benzene rings is 2. The minimum absolute atomic E-state index is 0.111. The molecule has 6 nitrogen and oxygen atoms in total. The Morgan fingerprint density at radius 3 is 2.59 bits per heavy atom. The third-order valence-electron chi connectivity index (χ3n) is 6.71. The van der Waals surface area contributed by atoms with Gasteiger partial charge >= 0.3 is 0 Å². The number of carbonyl (C=O) groups is 1. The molecule has 2 saturated heterocycles. The highest BCUT2D eigenvalue weighted by Crippen LogP contribution is 2.34. The SMILES string of the molecule is Cc1ccccc1-c1cn[nH]c1C1CCCN(C(=O)c2ccc(N3CCOCC3)cc2)C1. The molecule has 6 heteroatoms. The van der Waals surface area contributed by atoms with E-state index in [1.165, 1.54) is 11.1 Å². The number of morpholine rings is 1. The topological polar surface area (TPSA) is 61.5 Å². The lowest BCUT2D eigenvalue weighted by molar-refractivity contribution is 0.0706. The maximum atomic E-state index is 13.3. The first-order valence-corrected chi connectivity index (χ1v) is 11.5. The molecule has 0 saturated carbocycles. The van der Waals surface area contributed by atoms with Crippen LogP contribution in [0.2, 0.25) is 0 Å². The number of ether oxygens (including phenoxy) is 1. The number of anilines is 1. The van der Waals surface area contributed by atoms with Gasteiger partial charge in [-0.05, 0) is 55.2 Å². The summed E-state index contributed by atoms with van der Waals surface area (Å²) >= 11 is 0. The molecule has 32 heavy (non-hydrogen) atoms. The van der Waals surface area contributed by atoms with E-state index in [4.69, 9.17) is 4.74 Å². The zero-order valence-electron chi connectivity index (χ0n) is 18.6. The van der Waals surface area contributed by atoms with E-state index in [1.54, 1.807) is 0 Å². The second-order valence-corrected chi connectivity index (χ2v) is 8.75. The van der Waals surface area contributed by atoms with Crippen molar-refractivity contribution in [3.8, 4) is 11.1 Å². The van der Waals surface area contributed by atoms with Gasteiger partial charge in [-0.1, -0.05) is 24.3 Å². The number of H-pyrrole nitrogens is 1. The third-order valence-corrected chi connectivity index (χ3v) is 6.71. The summed E-state index contributed by atoms with van der Waals surface area (Å²) in [5.41, 5.74) is 6.64. The Balaban J connectivity index is 1.31. The summed E-state index contributed by atoms with van der Waals surface area (Å²) in [5.74, 6) is 0.373. The molecule has 1 N–H and O–H groups in total. The molecule has 1 amide bonds. The van der Waals surface area contributed by atoms with Crippen molar-refractivity contribution in [3.63, 3.8) is 0 Å². The van der Waals surface area contributed by atoms with Crippen molar-refractivity contribution in [2.75, 3.05) is 44.3 Å². The zero-order valence-corrected chi connectivity index (χ0v) is 18.6. The number of amides is 1. The Morgan fingerprint density at radius 1 is 1.03 bits per heavy atom. The first kappa shape index (κ1) is 20.8. The molecule has 3 heterocycles. The number of piperidine rings is 1.